The molecule has 6 rings (SSSR count). The summed E-state index contributed by atoms with van der Waals surface area (Å²) in [5.41, 5.74) is -0.439. The first kappa shape index (κ1) is 57.1. The molecule has 2 amide bonds. The van der Waals surface area contributed by atoms with Crippen LogP contribution in [0.4, 0.5) is 4.79 Å². The average Bonchev–Trinajstić information content (AvgIpc) is 3.96. The van der Waals surface area contributed by atoms with Gasteiger partial charge >= 0.3 is 21.1 Å². The molecule has 0 aliphatic carbocycles. The first-order chi connectivity index (χ1) is 28.7. The van der Waals surface area contributed by atoms with Gasteiger partial charge in [0.15, 0.2) is 11.0 Å². The third-order valence-corrected chi connectivity index (χ3v) is 12.2. The smallest absolute Gasteiger partial charge is 0.325 e. The third kappa shape index (κ3) is 18.3. The number of aromatic amines is 4. The highest BCUT2D eigenvalue weighted by atomic mass is 32.2. The van der Waals surface area contributed by atoms with E-state index in [4.69, 9.17) is 5.11 Å². The largest absolute Gasteiger partial charge is 0.493 e. The number of imidazole rings is 1. The Hall–Kier alpha value is -4.92. The highest BCUT2D eigenvalue weighted by molar-refractivity contribution is 7.98. The minimum atomic E-state index is -3.55. The van der Waals surface area contributed by atoms with Gasteiger partial charge in [-0.3, -0.25) is 28.5 Å². The number of aromatic nitrogens is 9. The van der Waals surface area contributed by atoms with E-state index < -0.39 is 38.4 Å². The Bertz CT molecular complexity index is 2370. The molecule has 0 radical (unpaired) electrons. The Balaban J connectivity index is 0.000000384. The van der Waals surface area contributed by atoms with Crippen molar-refractivity contribution in [2.75, 3.05) is 0 Å². The van der Waals surface area contributed by atoms with Gasteiger partial charge in [0, 0.05) is 22.4 Å². The molecule has 2 aliphatic rings. The summed E-state index contributed by atoms with van der Waals surface area (Å²) in [5.74, 6) is -0.555. The number of carbonyl (C=O) groups is 2. The van der Waals surface area contributed by atoms with Gasteiger partial charge in [-0.2, -0.15) is 22.6 Å². The van der Waals surface area contributed by atoms with Crippen molar-refractivity contribution in [1.82, 2.24) is 63.4 Å². The summed E-state index contributed by atoms with van der Waals surface area (Å²) in [6.45, 7) is 34.8. The van der Waals surface area contributed by atoms with E-state index in [-0.39, 0.29) is 68.1 Å². The maximum atomic E-state index is 11.2. The second kappa shape index (κ2) is 21.8. The molecule has 364 valence electrons. The normalized spacial score (nSPS) is 18.6. The van der Waals surface area contributed by atoms with Gasteiger partial charge in [-0.15, -0.1) is 0 Å². The number of H-pyrrole nitrogens is 4. The van der Waals surface area contributed by atoms with Crippen LogP contribution >= 0.6 is 11.5 Å². The fourth-order valence-corrected chi connectivity index (χ4v) is 8.13. The van der Waals surface area contributed by atoms with Crippen LogP contribution in [0, 0.1) is 5.41 Å². The lowest BCUT2D eigenvalue weighted by atomic mass is 9.93. The van der Waals surface area contributed by atoms with Crippen molar-refractivity contribution in [3.63, 3.8) is 0 Å². The van der Waals surface area contributed by atoms with Gasteiger partial charge in [0.1, 0.15) is 12.2 Å². The molecule has 23 nitrogen and oxygen atoms in total. The predicted octanol–water partition coefficient (Wildman–Crippen LogP) is 3.30. The molecule has 0 aromatic carbocycles. The Kier molecular flexibility index (Phi) is 19.5. The molecular formula is C38H69N13O10S3. The minimum Gasteiger partial charge on any atom is -0.493 e. The van der Waals surface area contributed by atoms with Crippen molar-refractivity contribution in [2.24, 2.45) is 5.41 Å². The van der Waals surface area contributed by atoms with Crippen LogP contribution in [0.1, 0.15) is 135 Å². The van der Waals surface area contributed by atoms with Crippen LogP contribution in [0.15, 0.2) is 32.8 Å². The van der Waals surface area contributed by atoms with Gasteiger partial charge in [-0.05, 0) is 73.1 Å². The maximum absolute atomic E-state index is 11.2. The SMILES string of the molecule is CC(C)(C)C1NC(=O)S(=O)N1.CC(C)(C)c1[nH]c(=O)[nH]c1O.CC(C)(C)c1cc(=O)[nH]s1.CC(C)(C)n1cc(O)nn1.CC(C)(C)n1ncc(=O)[nH]1.CC(C)N1C(C)C(=O)NS1(=O)=O. The predicted molar refractivity (Wildman–Crippen MR) is 246 cm³/mol. The fraction of sp³-hybridized carbons (Fsp3) is 0.684. The van der Waals surface area contributed by atoms with E-state index in [9.17, 15) is 41.7 Å². The summed E-state index contributed by atoms with van der Waals surface area (Å²) in [4.78, 5) is 61.1. The van der Waals surface area contributed by atoms with Crippen LogP contribution in [-0.2, 0) is 47.9 Å². The highest BCUT2D eigenvalue weighted by Gasteiger charge is 2.42. The zero-order chi connectivity index (χ0) is 50.1. The van der Waals surface area contributed by atoms with Gasteiger partial charge in [0.25, 0.3) is 22.9 Å². The minimum absolute atomic E-state index is 0.00919. The van der Waals surface area contributed by atoms with Crippen molar-refractivity contribution in [2.45, 2.75) is 165 Å². The Labute approximate surface area is 380 Å². The zero-order valence-corrected chi connectivity index (χ0v) is 42.5. The first-order valence-electron chi connectivity index (χ1n) is 20.0. The Morgan fingerprint density at radius 1 is 0.828 bits per heavy atom. The molecule has 3 atom stereocenters. The highest BCUT2D eigenvalue weighted by Crippen LogP contribution is 2.25. The molecule has 9 N–H and O–H groups in total. The van der Waals surface area contributed by atoms with Gasteiger partial charge in [0.2, 0.25) is 5.88 Å². The van der Waals surface area contributed by atoms with Crippen LogP contribution < -0.4 is 31.6 Å². The van der Waals surface area contributed by atoms with Gasteiger partial charge in [-0.1, -0.05) is 84.2 Å². The summed E-state index contributed by atoms with van der Waals surface area (Å²) in [6.07, 6.45) is 2.58. The topological polar surface area (TPSA) is 328 Å². The van der Waals surface area contributed by atoms with E-state index in [0.29, 0.717) is 5.69 Å². The van der Waals surface area contributed by atoms with Crippen molar-refractivity contribution in [3.05, 3.63) is 60.2 Å². The van der Waals surface area contributed by atoms with E-state index >= 15 is 0 Å². The number of nitrogens with zero attached hydrogens (tertiary/aromatic N) is 6. The van der Waals surface area contributed by atoms with E-state index in [2.05, 4.69) is 65.7 Å². The summed E-state index contributed by atoms with van der Waals surface area (Å²) in [5, 5.41) is 33.7. The molecule has 4 aromatic heterocycles. The maximum Gasteiger partial charge on any atom is 0.325 e. The summed E-state index contributed by atoms with van der Waals surface area (Å²) in [6, 6.07) is 0.879. The summed E-state index contributed by atoms with van der Waals surface area (Å²) < 4.78 is 43.3. The molecule has 3 unspecified atom stereocenters. The van der Waals surface area contributed by atoms with Gasteiger partial charge in [-0.25, -0.2) is 28.2 Å². The molecule has 0 spiro atoms. The molecule has 0 bridgehead atoms. The lowest BCUT2D eigenvalue weighted by Gasteiger charge is -2.25. The van der Waals surface area contributed by atoms with E-state index in [1.165, 1.54) is 28.7 Å². The van der Waals surface area contributed by atoms with Crippen molar-refractivity contribution in [3.8, 4) is 11.8 Å². The number of aromatic hydroxyl groups is 2. The average molecular weight is 964 g/mol. The molecule has 6 heterocycles. The molecule has 4 aromatic rings. The lowest BCUT2D eigenvalue weighted by molar-refractivity contribution is -0.121. The quantitative estimate of drug-likeness (QED) is 0.132. The van der Waals surface area contributed by atoms with E-state index in [0.717, 1.165) is 9.18 Å². The first-order valence-corrected chi connectivity index (χ1v) is 23.4. The van der Waals surface area contributed by atoms with Crippen LogP contribution in [0.25, 0.3) is 0 Å². The second-order valence-electron chi connectivity index (χ2n) is 20.0. The summed E-state index contributed by atoms with van der Waals surface area (Å²) in [7, 11) is -5.10. The van der Waals surface area contributed by atoms with E-state index in [1.54, 1.807) is 31.5 Å². The van der Waals surface area contributed by atoms with Crippen LogP contribution in [0.3, 0.4) is 0 Å². The van der Waals surface area contributed by atoms with Gasteiger partial charge in [0.05, 0.1) is 29.1 Å². The number of nitrogens with one attached hydrogen (secondary N) is 7. The molecule has 0 saturated carbocycles. The van der Waals surface area contributed by atoms with E-state index in [1.807, 2.05) is 87.8 Å². The molecular weight excluding hydrogens is 895 g/mol. The van der Waals surface area contributed by atoms with Crippen molar-refractivity contribution >= 4 is 43.9 Å². The third-order valence-electron chi connectivity index (χ3n) is 8.33. The fourth-order valence-electron chi connectivity index (χ4n) is 4.83. The number of rotatable bonds is 1. The van der Waals surface area contributed by atoms with Crippen LogP contribution in [0.5, 0.6) is 11.8 Å². The molecule has 64 heavy (non-hydrogen) atoms. The molecule has 2 fully saturated rings. The molecule has 2 saturated heterocycles. The van der Waals surface area contributed by atoms with Crippen LogP contribution in [-0.4, -0.2) is 101 Å². The molecule has 26 heteroatoms. The lowest BCUT2D eigenvalue weighted by Crippen LogP contribution is -2.43. The Morgan fingerprint density at radius 3 is 1.58 bits per heavy atom. The standard InChI is InChI=1S/C7H12N2O2.C7H11NOS.2C6H11N3O.C6H12N2O3S.C6H12N2O2S/c1-7(2,3)4-5(10)9-6(11)8-4;1-7(2,3)5-4-6(9)8-10-5;1-6(2,3)9-4-5(10)7-8-9;1-6(2,3)9-7-4-5(10)8-9;1-4(2)8-5(3)6(9)7-12(8,10)11;1-6(2,3)4-7-5(9)11(10)8-4/h10H,1-3H3,(H2,8,9,11);4H,1-3H3,(H,8,9);4,10H,1-3H3;4H,1-3H3,(H,8,10);4-5H,1-3H3,(H,7,9);4,8H,1-3H3,(H,7,9). The monoisotopic (exact) mass is 963 g/mol. The van der Waals surface area contributed by atoms with Crippen LogP contribution in [0.2, 0.25) is 0 Å². The number of hydrogen-bond donors (Lipinski definition) is 9. The number of hydrogen-bond acceptors (Lipinski definition) is 14. The molecule has 2 aliphatic heterocycles. The zero-order valence-electron chi connectivity index (χ0n) is 40.0. The van der Waals surface area contributed by atoms with Gasteiger partial charge < -0.3 is 20.5 Å². The summed E-state index contributed by atoms with van der Waals surface area (Å²) >= 11 is 1.42. The number of carbonyl (C=O) groups excluding carboxylic acids is 2. The second-order valence-corrected chi connectivity index (χ2v) is 23.5. The Morgan fingerprint density at radius 2 is 1.39 bits per heavy atom. The number of amides is 2. The van der Waals surface area contributed by atoms with Crippen molar-refractivity contribution in [1.29, 1.82) is 0 Å². The van der Waals surface area contributed by atoms with Crippen molar-refractivity contribution < 1.29 is 32.4 Å².